The Balaban J connectivity index is 0.00000312. The molecule has 0 bridgehead atoms. The van der Waals surface area contributed by atoms with Crippen molar-refractivity contribution in [2.75, 3.05) is 26.7 Å². The van der Waals surface area contributed by atoms with E-state index in [1.54, 1.807) is 0 Å². The van der Waals surface area contributed by atoms with Crippen LogP contribution in [0.2, 0.25) is 0 Å². The number of aliphatic imine (C=N–C) groups is 1. The van der Waals surface area contributed by atoms with Gasteiger partial charge >= 0.3 is 0 Å². The van der Waals surface area contributed by atoms with Crippen LogP contribution in [0, 0.1) is 11.8 Å². The summed E-state index contributed by atoms with van der Waals surface area (Å²) in [6, 6.07) is 7.64. The van der Waals surface area contributed by atoms with E-state index in [1.807, 2.05) is 31.3 Å². The third-order valence-corrected chi connectivity index (χ3v) is 4.11. The minimum atomic E-state index is -0.479. The Kier molecular flexibility index (Phi) is 9.02. The van der Waals surface area contributed by atoms with E-state index >= 15 is 0 Å². The number of carbonyl (C=O) groups is 1. The zero-order valence-corrected chi connectivity index (χ0v) is 17.5. The first-order valence-corrected chi connectivity index (χ1v) is 8.43. The van der Waals surface area contributed by atoms with Crippen LogP contribution in [0.25, 0.3) is 0 Å². The van der Waals surface area contributed by atoms with E-state index in [0.717, 1.165) is 24.6 Å². The molecule has 1 amide bonds. The summed E-state index contributed by atoms with van der Waals surface area (Å²) in [6.07, 6.45) is 1.27. The van der Waals surface area contributed by atoms with Crippen molar-refractivity contribution >= 4 is 35.8 Å². The van der Waals surface area contributed by atoms with E-state index in [4.69, 9.17) is 10.5 Å². The molecule has 25 heavy (non-hydrogen) atoms. The highest BCUT2D eigenvalue weighted by molar-refractivity contribution is 14.0. The second kappa shape index (κ2) is 10.5. The lowest BCUT2D eigenvalue weighted by atomic mass is 9.92. The fourth-order valence-corrected chi connectivity index (χ4v) is 3.25. The van der Waals surface area contributed by atoms with Gasteiger partial charge in [-0.2, -0.15) is 0 Å². The highest BCUT2D eigenvalue weighted by Gasteiger charge is 2.23. The van der Waals surface area contributed by atoms with E-state index < -0.39 is 5.91 Å². The number of hydrogen-bond acceptors (Lipinski definition) is 3. The lowest BCUT2D eigenvalue weighted by molar-refractivity contribution is -0.119. The number of halogens is 1. The largest absolute Gasteiger partial charge is 0.484 e. The molecule has 1 aromatic rings. The monoisotopic (exact) mass is 460 g/mol. The molecule has 2 atom stereocenters. The summed E-state index contributed by atoms with van der Waals surface area (Å²) in [5.74, 6) is 2.45. The minimum Gasteiger partial charge on any atom is -0.484 e. The molecule has 6 nitrogen and oxygen atoms in total. The van der Waals surface area contributed by atoms with E-state index in [2.05, 4.69) is 29.1 Å². The van der Waals surface area contributed by atoms with Crippen LogP contribution in [0.1, 0.15) is 25.8 Å². The lowest BCUT2D eigenvalue weighted by Gasteiger charge is -2.37. The third kappa shape index (κ3) is 7.09. The van der Waals surface area contributed by atoms with Crippen LogP contribution in [0.5, 0.6) is 5.75 Å². The second-order valence-electron chi connectivity index (χ2n) is 6.65. The average molecular weight is 460 g/mol. The first-order valence-electron chi connectivity index (χ1n) is 8.43. The number of guanidine groups is 1. The Bertz CT molecular complexity index is 584. The van der Waals surface area contributed by atoms with Crippen molar-refractivity contribution in [3.05, 3.63) is 29.8 Å². The molecular formula is C18H29IN4O2. The number of carbonyl (C=O) groups excluding carboxylic acids is 1. The van der Waals surface area contributed by atoms with Crippen molar-refractivity contribution < 1.29 is 9.53 Å². The highest BCUT2D eigenvalue weighted by atomic mass is 127. The molecule has 1 saturated heterocycles. The summed E-state index contributed by atoms with van der Waals surface area (Å²) in [6.45, 7) is 7.18. The van der Waals surface area contributed by atoms with Gasteiger partial charge in [-0.15, -0.1) is 24.0 Å². The maximum Gasteiger partial charge on any atom is 0.255 e. The van der Waals surface area contributed by atoms with Gasteiger partial charge in [-0.25, -0.2) is 0 Å². The average Bonchev–Trinajstić information content (AvgIpc) is 2.53. The molecule has 0 aromatic heterocycles. The fourth-order valence-electron chi connectivity index (χ4n) is 3.25. The molecule has 0 saturated carbocycles. The molecule has 2 unspecified atom stereocenters. The van der Waals surface area contributed by atoms with Gasteiger partial charge in [0.05, 0.1) is 0 Å². The fraction of sp³-hybridized carbons (Fsp3) is 0.556. The smallest absolute Gasteiger partial charge is 0.255 e. The molecule has 1 aliphatic rings. The number of likely N-dealkylation sites (tertiary alicyclic amines) is 1. The molecule has 1 heterocycles. The van der Waals surface area contributed by atoms with Crippen LogP contribution in [-0.2, 0) is 11.3 Å². The number of hydrogen-bond donors (Lipinski definition) is 2. The van der Waals surface area contributed by atoms with Crippen molar-refractivity contribution in [2.24, 2.45) is 22.6 Å². The molecule has 1 aromatic carbocycles. The van der Waals surface area contributed by atoms with Crippen molar-refractivity contribution in [2.45, 2.75) is 26.8 Å². The van der Waals surface area contributed by atoms with E-state index in [1.165, 1.54) is 6.42 Å². The highest BCUT2D eigenvalue weighted by Crippen LogP contribution is 2.21. The molecule has 1 aliphatic heterocycles. The first kappa shape index (κ1) is 21.5. The van der Waals surface area contributed by atoms with Crippen LogP contribution in [0.3, 0.4) is 0 Å². The number of primary amides is 1. The number of piperidine rings is 1. The second-order valence-corrected chi connectivity index (χ2v) is 6.65. The Labute approximate surface area is 167 Å². The van der Waals surface area contributed by atoms with Gasteiger partial charge in [0, 0.05) is 26.7 Å². The summed E-state index contributed by atoms with van der Waals surface area (Å²) < 4.78 is 5.34. The number of rotatable bonds is 5. The summed E-state index contributed by atoms with van der Waals surface area (Å²) in [5, 5.41) is 3.42. The number of nitrogens with one attached hydrogen (secondary N) is 1. The van der Waals surface area contributed by atoms with Gasteiger partial charge in [0.25, 0.3) is 5.91 Å². The van der Waals surface area contributed by atoms with E-state index in [0.29, 0.717) is 24.1 Å². The zero-order valence-electron chi connectivity index (χ0n) is 15.2. The normalized spacial score (nSPS) is 20.6. The first-order chi connectivity index (χ1) is 11.5. The molecule has 1 fully saturated rings. The quantitative estimate of drug-likeness (QED) is 0.401. The minimum absolute atomic E-state index is 0. The molecule has 2 rings (SSSR count). The summed E-state index contributed by atoms with van der Waals surface area (Å²) in [5.41, 5.74) is 6.17. The Morgan fingerprint density at radius 1 is 1.36 bits per heavy atom. The van der Waals surface area contributed by atoms with E-state index in [-0.39, 0.29) is 30.6 Å². The van der Waals surface area contributed by atoms with Gasteiger partial charge in [0.1, 0.15) is 5.75 Å². The number of ether oxygens (including phenoxy) is 1. The summed E-state index contributed by atoms with van der Waals surface area (Å²) in [4.78, 5) is 17.5. The van der Waals surface area contributed by atoms with Gasteiger partial charge < -0.3 is 20.7 Å². The van der Waals surface area contributed by atoms with Gasteiger partial charge in [-0.1, -0.05) is 26.0 Å². The number of benzene rings is 1. The number of nitrogens with two attached hydrogens (primary N) is 1. The molecule has 0 radical (unpaired) electrons. The van der Waals surface area contributed by atoms with Gasteiger partial charge in [-0.3, -0.25) is 9.79 Å². The molecule has 3 N–H and O–H groups in total. The maximum absolute atomic E-state index is 10.8. The predicted octanol–water partition coefficient (Wildman–Crippen LogP) is 2.22. The van der Waals surface area contributed by atoms with Crippen molar-refractivity contribution in [1.82, 2.24) is 10.2 Å². The maximum atomic E-state index is 10.8. The van der Waals surface area contributed by atoms with Gasteiger partial charge in [0.2, 0.25) is 0 Å². The molecule has 7 heteroatoms. The number of amides is 1. The zero-order chi connectivity index (χ0) is 17.5. The lowest BCUT2D eigenvalue weighted by Crippen LogP contribution is -2.48. The Morgan fingerprint density at radius 3 is 2.64 bits per heavy atom. The van der Waals surface area contributed by atoms with Crippen LogP contribution < -0.4 is 15.8 Å². The van der Waals surface area contributed by atoms with E-state index in [9.17, 15) is 4.79 Å². The molecular weight excluding hydrogens is 431 g/mol. The van der Waals surface area contributed by atoms with Gasteiger partial charge in [-0.05, 0) is 36.0 Å². The van der Waals surface area contributed by atoms with Crippen LogP contribution in [0.15, 0.2) is 29.3 Å². The van der Waals surface area contributed by atoms with Crippen LogP contribution in [0.4, 0.5) is 0 Å². The predicted molar refractivity (Wildman–Crippen MR) is 111 cm³/mol. The van der Waals surface area contributed by atoms with Crippen molar-refractivity contribution in [3.63, 3.8) is 0 Å². The Hall–Kier alpha value is -1.51. The number of nitrogens with zero attached hydrogens (tertiary/aromatic N) is 2. The summed E-state index contributed by atoms with van der Waals surface area (Å²) in [7, 11) is 1.82. The third-order valence-electron chi connectivity index (χ3n) is 4.11. The standard InChI is InChI=1S/C18H28N4O2.HI/c1-13-7-14(2)11-22(10-13)18(20-3)21-9-15-5-4-6-16(8-15)24-12-17(19)23;/h4-6,8,13-14H,7,9-12H2,1-3H3,(H2,19,23)(H,20,21);1H. The SMILES string of the molecule is CN=C(NCc1cccc(OCC(N)=O)c1)N1CC(C)CC(C)C1.I. The van der Waals surface area contributed by atoms with Crippen molar-refractivity contribution in [1.29, 1.82) is 0 Å². The molecule has 0 spiro atoms. The Morgan fingerprint density at radius 2 is 2.04 bits per heavy atom. The van der Waals surface area contributed by atoms with Crippen LogP contribution in [-0.4, -0.2) is 43.5 Å². The van der Waals surface area contributed by atoms with Crippen LogP contribution >= 0.6 is 24.0 Å². The van der Waals surface area contributed by atoms with Gasteiger partial charge in [0.15, 0.2) is 12.6 Å². The molecule has 0 aliphatic carbocycles. The van der Waals surface area contributed by atoms with Crippen molar-refractivity contribution in [3.8, 4) is 5.75 Å². The topological polar surface area (TPSA) is 80.0 Å². The summed E-state index contributed by atoms with van der Waals surface area (Å²) >= 11 is 0. The molecule has 140 valence electrons.